The van der Waals surface area contributed by atoms with Crippen molar-refractivity contribution in [2.24, 2.45) is 0 Å². The highest BCUT2D eigenvalue weighted by atomic mass is 16.5. The third-order valence-electron chi connectivity index (χ3n) is 4.67. The van der Waals surface area contributed by atoms with Crippen molar-refractivity contribution in [2.75, 3.05) is 12.4 Å². The lowest BCUT2D eigenvalue weighted by Gasteiger charge is -2.17. The van der Waals surface area contributed by atoms with Crippen LogP contribution in [0.4, 0.5) is 10.6 Å². The summed E-state index contributed by atoms with van der Waals surface area (Å²) in [5.74, 6) is -0.245. The van der Waals surface area contributed by atoms with Gasteiger partial charge in [0.15, 0.2) is 6.04 Å². The summed E-state index contributed by atoms with van der Waals surface area (Å²) in [6.07, 6.45) is 5.04. The number of nitrogens with zero attached hydrogens (tertiary/aromatic N) is 4. The zero-order valence-corrected chi connectivity index (χ0v) is 16.9. The lowest BCUT2D eigenvalue weighted by Crippen LogP contribution is -2.37. The van der Waals surface area contributed by atoms with Crippen LogP contribution < -0.4 is 10.6 Å². The smallest absolute Gasteiger partial charge is 0.333 e. The number of methoxy groups -OCH3 is 1. The number of aromatic nitrogens is 4. The summed E-state index contributed by atoms with van der Waals surface area (Å²) in [4.78, 5) is 33.2. The number of amides is 2. The number of urea groups is 1. The van der Waals surface area contributed by atoms with E-state index in [2.05, 4.69) is 25.7 Å². The summed E-state index contributed by atoms with van der Waals surface area (Å²) in [5.41, 5.74) is 3.14. The molecule has 9 nitrogen and oxygen atoms in total. The maximum atomic E-state index is 12.5. The van der Waals surface area contributed by atoms with Gasteiger partial charge in [-0.2, -0.15) is 5.10 Å². The number of carbonyl (C=O) groups excluding carboxylic acids is 2. The van der Waals surface area contributed by atoms with Crippen LogP contribution in [0.3, 0.4) is 0 Å². The van der Waals surface area contributed by atoms with Crippen molar-refractivity contribution >= 4 is 28.7 Å². The van der Waals surface area contributed by atoms with Crippen LogP contribution in [0.2, 0.25) is 0 Å². The Morgan fingerprint density at radius 3 is 2.61 bits per heavy atom. The first-order valence-corrected chi connectivity index (χ1v) is 9.52. The van der Waals surface area contributed by atoms with E-state index in [0.29, 0.717) is 11.4 Å². The van der Waals surface area contributed by atoms with E-state index in [0.717, 1.165) is 22.3 Å². The van der Waals surface area contributed by atoms with E-state index in [-0.39, 0.29) is 0 Å². The van der Waals surface area contributed by atoms with Crippen LogP contribution in [0.1, 0.15) is 17.3 Å². The molecule has 0 saturated heterocycles. The number of esters is 1. The molecule has 2 amide bonds. The molecule has 3 heterocycles. The molecule has 156 valence electrons. The Morgan fingerprint density at radius 1 is 1.06 bits per heavy atom. The summed E-state index contributed by atoms with van der Waals surface area (Å²) in [6, 6.07) is 12.8. The van der Waals surface area contributed by atoms with Gasteiger partial charge in [-0.1, -0.05) is 30.3 Å². The van der Waals surface area contributed by atoms with Crippen molar-refractivity contribution in [2.45, 2.75) is 13.0 Å². The van der Waals surface area contributed by atoms with Gasteiger partial charge in [-0.05, 0) is 30.7 Å². The van der Waals surface area contributed by atoms with E-state index in [1.54, 1.807) is 53.6 Å². The van der Waals surface area contributed by atoms with Crippen molar-refractivity contribution in [3.05, 3.63) is 78.4 Å². The molecule has 4 rings (SSSR count). The summed E-state index contributed by atoms with van der Waals surface area (Å²) >= 11 is 0. The van der Waals surface area contributed by atoms with E-state index in [4.69, 9.17) is 4.74 Å². The maximum absolute atomic E-state index is 12.5. The highest BCUT2D eigenvalue weighted by Gasteiger charge is 2.23. The molecule has 0 bridgehead atoms. The number of anilines is 1. The molecule has 0 aliphatic rings. The van der Waals surface area contributed by atoms with E-state index in [1.807, 2.05) is 25.1 Å². The zero-order chi connectivity index (χ0) is 21.8. The molecule has 0 unspecified atom stereocenters. The minimum atomic E-state index is -0.937. The fourth-order valence-electron chi connectivity index (χ4n) is 3.19. The largest absolute Gasteiger partial charge is 0.467 e. The van der Waals surface area contributed by atoms with Gasteiger partial charge in [0, 0.05) is 17.3 Å². The van der Waals surface area contributed by atoms with Crippen molar-refractivity contribution < 1.29 is 14.3 Å². The normalized spacial score (nSPS) is 11.7. The van der Waals surface area contributed by atoms with E-state index in [9.17, 15) is 9.59 Å². The Labute approximate surface area is 178 Å². The number of benzene rings is 1. The third-order valence-corrected chi connectivity index (χ3v) is 4.67. The molecule has 9 heteroatoms. The third kappa shape index (κ3) is 4.35. The molecule has 2 N–H and O–H groups in total. The van der Waals surface area contributed by atoms with Crippen molar-refractivity contribution in [3.63, 3.8) is 0 Å². The average molecular weight is 416 g/mol. The molecule has 1 atom stereocenters. The monoisotopic (exact) mass is 416 g/mol. The number of ether oxygens (including phenoxy) is 1. The number of hydrogen-bond acceptors (Lipinski definition) is 6. The first-order valence-electron chi connectivity index (χ1n) is 9.52. The molecular formula is C22H20N6O3. The Hall–Kier alpha value is -4.27. The molecular weight excluding hydrogens is 396 g/mol. The molecule has 4 aromatic rings. The molecule has 0 fully saturated rings. The molecule has 0 aliphatic heterocycles. The maximum Gasteiger partial charge on any atom is 0.333 e. The van der Waals surface area contributed by atoms with Gasteiger partial charge >= 0.3 is 12.0 Å². The fourth-order valence-corrected chi connectivity index (χ4v) is 3.19. The number of aryl methyl sites for hydroxylation is 1. The standard InChI is InChI=1S/C22H20N6O3/c1-14-10-17(8-9-23-14)28-18-13-24-19(11-16(18)12-25-28)26-22(30)27-20(21(29)31-2)15-6-4-3-5-7-15/h3-13,20H,1-2H3,(H2,24,26,27,30)/t20-/m0/s1. The second kappa shape index (κ2) is 8.62. The zero-order valence-electron chi connectivity index (χ0n) is 16.9. The summed E-state index contributed by atoms with van der Waals surface area (Å²) in [7, 11) is 1.27. The van der Waals surface area contributed by atoms with Crippen molar-refractivity contribution in [3.8, 4) is 5.69 Å². The quantitative estimate of drug-likeness (QED) is 0.484. The predicted octanol–water partition coefficient (Wildman–Crippen LogP) is 3.16. The topological polar surface area (TPSA) is 111 Å². The van der Waals surface area contributed by atoms with Crippen LogP contribution in [0.15, 0.2) is 67.1 Å². The average Bonchev–Trinajstić information content (AvgIpc) is 3.21. The Morgan fingerprint density at radius 2 is 1.87 bits per heavy atom. The van der Waals surface area contributed by atoms with Crippen LogP contribution in [0.5, 0.6) is 0 Å². The lowest BCUT2D eigenvalue weighted by atomic mass is 10.1. The summed E-state index contributed by atoms with van der Waals surface area (Å²) in [6.45, 7) is 1.91. The first-order chi connectivity index (χ1) is 15.0. The van der Waals surface area contributed by atoms with Crippen LogP contribution in [0.25, 0.3) is 16.6 Å². The van der Waals surface area contributed by atoms with Crippen LogP contribution in [-0.4, -0.2) is 38.9 Å². The number of carbonyl (C=O) groups is 2. The minimum absolute atomic E-state index is 0.326. The molecule has 0 spiro atoms. The van der Waals surface area contributed by atoms with Gasteiger partial charge in [-0.15, -0.1) is 0 Å². The number of nitrogens with one attached hydrogen (secondary N) is 2. The lowest BCUT2D eigenvalue weighted by molar-refractivity contribution is -0.143. The van der Waals surface area contributed by atoms with Gasteiger partial charge in [-0.25, -0.2) is 19.3 Å². The predicted molar refractivity (Wildman–Crippen MR) is 115 cm³/mol. The fraction of sp³-hybridized carbons (Fsp3) is 0.136. The van der Waals surface area contributed by atoms with E-state index in [1.165, 1.54) is 7.11 Å². The second-order valence-electron chi connectivity index (χ2n) is 6.81. The molecule has 0 aliphatic carbocycles. The van der Waals surface area contributed by atoms with E-state index >= 15 is 0 Å². The van der Waals surface area contributed by atoms with Gasteiger partial charge in [0.05, 0.1) is 30.7 Å². The number of hydrogen-bond donors (Lipinski definition) is 2. The molecule has 31 heavy (non-hydrogen) atoms. The number of pyridine rings is 2. The molecule has 3 aromatic heterocycles. The first kappa shape index (κ1) is 20.0. The highest BCUT2D eigenvalue weighted by molar-refractivity contribution is 5.94. The van der Waals surface area contributed by atoms with Gasteiger partial charge in [0.2, 0.25) is 0 Å². The Kier molecular flexibility index (Phi) is 5.57. The van der Waals surface area contributed by atoms with Gasteiger partial charge in [0.1, 0.15) is 5.82 Å². The van der Waals surface area contributed by atoms with Crippen molar-refractivity contribution in [1.29, 1.82) is 0 Å². The van der Waals surface area contributed by atoms with Crippen LogP contribution in [-0.2, 0) is 9.53 Å². The van der Waals surface area contributed by atoms with Gasteiger partial charge in [-0.3, -0.25) is 10.3 Å². The van der Waals surface area contributed by atoms with Gasteiger partial charge in [0.25, 0.3) is 0 Å². The Balaban J connectivity index is 1.53. The number of fused-ring (bicyclic) bond motifs is 1. The minimum Gasteiger partial charge on any atom is -0.467 e. The molecule has 0 radical (unpaired) electrons. The van der Waals surface area contributed by atoms with Crippen LogP contribution >= 0.6 is 0 Å². The summed E-state index contributed by atoms with van der Waals surface area (Å²) < 4.78 is 6.57. The SMILES string of the molecule is COC(=O)[C@@H](NC(=O)Nc1cc2cnn(-c3ccnc(C)c3)c2cn1)c1ccccc1. The molecule has 0 saturated carbocycles. The van der Waals surface area contributed by atoms with Crippen LogP contribution in [0, 0.1) is 6.92 Å². The second-order valence-corrected chi connectivity index (χ2v) is 6.81. The molecule has 1 aromatic carbocycles. The highest BCUT2D eigenvalue weighted by Crippen LogP contribution is 2.20. The van der Waals surface area contributed by atoms with Gasteiger partial charge < -0.3 is 10.1 Å². The van der Waals surface area contributed by atoms with E-state index < -0.39 is 18.0 Å². The Bertz CT molecular complexity index is 1240. The summed E-state index contributed by atoms with van der Waals surface area (Å²) in [5, 5.41) is 10.5. The number of rotatable bonds is 5. The van der Waals surface area contributed by atoms with Crippen molar-refractivity contribution in [1.82, 2.24) is 25.1 Å².